The van der Waals surface area contributed by atoms with E-state index in [1.54, 1.807) is 0 Å². The van der Waals surface area contributed by atoms with Crippen molar-refractivity contribution in [2.75, 3.05) is 18.1 Å². The Morgan fingerprint density at radius 1 is 1.10 bits per heavy atom. The van der Waals surface area contributed by atoms with Crippen LogP contribution in [0.3, 0.4) is 0 Å². The first kappa shape index (κ1) is 22.7. The van der Waals surface area contributed by atoms with Crippen LogP contribution in [0.25, 0.3) is 10.9 Å². The Morgan fingerprint density at radius 3 is 2.58 bits per heavy atom. The van der Waals surface area contributed by atoms with Crippen LogP contribution in [0, 0.1) is 6.92 Å². The second-order valence-electron chi connectivity index (χ2n) is 8.09. The molecule has 0 aliphatic carbocycles. The molecule has 0 unspecified atom stereocenters. The lowest BCUT2D eigenvalue weighted by molar-refractivity contribution is 0.194. The van der Waals surface area contributed by atoms with Crippen molar-refractivity contribution in [2.24, 2.45) is 0 Å². The molecule has 0 atom stereocenters. The number of nitrogens with one attached hydrogen (secondary N) is 1. The molecular formula is C25H34N4O2. The van der Waals surface area contributed by atoms with Crippen molar-refractivity contribution in [1.82, 2.24) is 15.0 Å². The minimum Gasteiger partial charge on any atom is -0.465 e. The van der Waals surface area contributed by atoms with Gasteiger partial charge in [-0.25, -0.2) is 4.79 Å². The number of unbranched alkanes of at least 4 members (excludes halogenated alkanes) is 4. The van der Waals surface area contributed by atoms with Gasteiger partial charge in [0.25, 0.3) is 0 Å². The van der Waals surface area contributed by atoms with Crippen LogP contribution in [0.2, 0.25) is 0 Å². The fourth-order valence-corrected chi connectivity index (χ4v) is 4.05. The standard InChI is InChI=1S/C25H34N4O2/c1-3-17-28(22-12-15-26-16-13-22)29-19-20(2)23-18-21(10-11-24(23)29)9-7-5-4-6-8-14-27-25(30)31/h10-13,15-16,18-19,27H,3-9,14,17H2,1-2H3,(H,30,31). The van der Waals surface area contributed by atoms with Crippen molar-refractivity contribution < 1.29 is 9.90 Å². The van der Waals surface area contributed by atoms with Gasteiger partial charge in [-0.2, -0.15) is 0 Å². The molecule has 2 N–H and O–H groups in total. The number of aryl methyl sites for hydroxylation is 2. The molecule has 0 spiro atoms. The first-order valence-electron chi connectivity index (χ1n) is 11.4. The summed E-state index contributed by atoms with van der Waals surface area (Å²) in [6.45, 7) is 5.88. The SMILES string of the molecule is CCCN(c1ccncc1)n1cc(C)c2cc(CCCCCCCNC(=O)O)ccc21. The van der Waals surface area contributed by atoms with Crippen LogP contribution in [0.15, 0.2) is 48.9 Å². The van der Waals surface area contributed by atoms with E-state index in [0.29, 0.717) is 6.54 Å². The van der Waals surface area contributed by atoms with Crippen LogP contribution in [-0.2, 0) is 6.42 Å². The zero-order valence-electron chi connectivity index (χ0n) is 18.7. The minimum absolute atomic E-state index is 0.552. The van der Waals surface area contributed by atoms with Crippen LogP contribution in [0.4, 0.5) is 10.5 Å². The number of carbonyl (C=O) groups is 1. The largest absolute Gasteiger partial charge is 0.465 e. The molecule has 0 fully saturated rings. The van der Waals surface area contributed by atoms with Crippen LogP contribution in [0.1, 0.15) is 56.6 Å². The van der Waals surface area contributed by atoms with E-state index >= 15 is 0 Å². The number of hydrogen-bond donors (Lipinski definition) is 2. The summed E-state index contributed by atoms with van der Waals surface area (Å²) in [5.74, 6) is 0. The summed E-state index contributed by atoms with van der Waals surface area (Å²) < 4.78 is 2.28. The second kappa shape index (κ2) is 11.4. The third-order valence-corrected chi connectivity index (χ3v) is 5.62. The van der Waals surface area contributed by atoms with E-state index in [1.165, 1.54) is 28.5 Å². The van der Waals surface area contributed by atoms with Gasteiger partial charge in [-0.05, 0) is 68.0 Å². The minimum atomic E-state index is -0.932. The Morgan fingerprint density at radius 2 is 1.84 bits per heavy atom. The number of benzene rings is 1. The van der Waals surface area contributed by atoms with E-state index in [4.69, 9.17) is 5.11 Å². The van der Waals surface area contributed by atoms with E-state index in [0.717, 1.165) is 50.8 Å². The number of anilines is 1. The molecule has 3 rings (SSSR count). The average Bonchev–Trinajstić information content (AvgIpc) is 3.10. The fourth-order valence-electron chi connectivity index (χ4n) is 4.05. The summed E-state index contributed by atoms with van der Waals surface area (Å²) in [6, 6.07) is 11.0. The molecule has 31 heavy (non-hydrogen) atoms. The van der Waals surface area contributed by atoms with E-state index in [2.05, 4.69) is 70.4 Å². The number of amides is 1. The highest BCUT2D eigenvalue weighted by molar-refractivity contribution is 5.85. The van der Waals surface area contributed by atoms with Crippen LogP contribution >= 0.6 is 0 Å². The van der Waals surface area contributed by atoms with Crippen LogP contribution < -0.4 is 10.3 Å². The first-order chi connectivity index (χ1) is 15.1. The lowest BCUT2D eigenvalue weighted by Gasteiger charge is -2.26. The Kier molecular flexibility index (Phi) is 8.33. The number of carboxylic acid groups (broad SMARTS) is 1. The van der Waals surface area contributed by atoms with E-state index in [9.17, 15) is 4.79 Å². The maximum absolute atomic E-state index is 10.4. The highest BCUT2D eigenvalue weighted by Crippen LogP contribution is 2.26. The van der Waals surface area contributed by atoms with Crippen molar-refractivity contribution in [3.8, 4) is 0 Å². The third kappa shape index (κ3) is 6.23. The maximum atomic E-state index is 10.4. The topological polar surface area (TPSA) is 70.4 Å². The molecule has 2 heterocycles. The molecule has 0 saturated heterocycles. The number of fused-ring (bicyclic) bond motifs is 1. The summed E-state index contributed by atoms with van der Waals surface area (Å²) in [4.78, 5) is 14.6. The van der Waals surface area contributed by atoms with Gasteiger partial charge in [0.15, 0.2) is 0 Å². The summed E-state index contributed by atoms with van der Waals surface area (Å²) in [7, 11) is 0. The number of pyridine rings is 1. The number of hydrogen-bond acceptors (Lipinski definition) is 3. The van der Waals surface area contributed by atoms with Crippen molar-refractivity contribution in [2.45, 2.75) is 58.8 Å². The van der Waals surface area contributed by atoms with Crippen molar-refractivity contribution in [1.29, 1.82) is 0 Å². The fraction of sp³-hybridized carbons (Fsp3) is 0.440. The lowest BCUT2D eigenvalue weighted by Crippen LogP contribution is -2.29. The monoisotopic (exact) mass is 422 g/mol. The predicted molar refractivity (Wildman–Crippen MR) is 127 cm³/mol. The highest BCUT2D eigenvalue weighted by Gasteiger charge is 2.13. The van der Waals surface area contributed by atoms with Crippen molar-refractivity contribution in [3.05, 3.63) is 60.0 Å². The van der Waals surface area contributed by atoms with Crippen molar-refractivity contribution in [3.63, 3.8) is 0 Å². The normalized spacial score (nSPS) is 11.0. The molecule has 6 nitrogen and oxygen atoms in total. The van der Waals surface area contributed by atoms with Gasteiger partial charge in [0.1, 0.15) is 0 Å². The summed E-state index contributed by atoms with van der Waals surface area (Å²) >= 11 is 0. The quantitative estimate of drug-likeness (QED) is 0.363. The van der Waals surface area contributed by atoms with Gasteiger partial charge >= 0.3 is 6.09 Å². The Bertz CT molecular complexity index is 968. The molecule has 0 radical (unpaired) electrons. The molecule has 0 aliphatic rings. The van der Waals surface area contributed by atoms with Gasteiger partial charge in [-0.15, -0.1) is 0 Å². The lowest BCUT2D eigenvalue weighted by atomic mass is 10.0. The maximum Gasteiger partial charge on any atom is 0.404 e. The first-order valence-corrected chi connectivity index (χ1v) is 11.4. The van der Waals surface area contributed by atoms with E-state index in [-0.39, 0.29) is 0 Å². The molecule has 6 heteroatoms. The Labute approximate surface area is 184 Å². The van der Waals surface area contributed by atoms with E-state index < -0.39 is 6.09 Å². The Balaban J connectivity index is 1.62. The van der Waals surface area contributed by atoms with Gasteiger partial charge in [0, 0.05) is 37.1 Å². The molecular weight excluding hydrogens is 388 g/mol. The molecule has 3 aromatic rings. The summed E-state index contributed by atoms with van der Waals surface area (Å²) in [6.07, 6.45) is 12.6. The molecule has 1 amide bonds. The van der Waals surface area contributed by atoms with Gasteiger partial charge in [-0.1, -0.05) is 32.3 Å². The van der Waals surface area contributed by atoms with Gasteiger partial charge in [0.05, 0.1) is 11.2 Å². The summed E-state index contributed by atoms with van der Waals surface area (Å²) in [5, 5.41) is 14.6. The molecule has 166 valence electrons. The molecule has 0 saturated carbocycles. The molecule has 1 aromatic carbocycles. The molecule has 0 aliphatic heterocycles. The van der Waals surface area contributed by atoms with Gasteiger partial charge < -0.3 is 10.4 Å². The number of aromatic nitrogens is 2. The number of rotatable bonds is 12. The van der Waals surface area contributed by atoms with Crippen LogP contribution in [-0.4, -0.2) is 33.9 Å². The molecule has 2 aromatic heterocycles. The molecule has 0 bridgehead atoms. The van der Waals surface area contributed by atoms with Gasteiger partial charge in [0.2, 0.25) is 0 Å². The van der Waals surface area contributed by atoms with Gasteiger partial charge in [-0.3, -0.25) is 14.7 Å². The second-order valence-corrected chi connectivity index (χ2v) is 8.09. The number of nitrogens with zero attached hydrogens (tertiary/aromatic N) is 3. The third-order valence-electron chi connectivity index (χ3n) is 5.62. The predicted octanol–water partition coefficient (Wildman–Crippen LogP) is 5.79. The zero-order chi connectivity index (χ0) is 22.1. The zero-order valence-corrected chi connectivity index (χ0v) is 18.7. The van der Waals surface area contributed by atoms with Crippen LogP contribution in [0.5, 0.6) is 0 Å². The van der Waals surface area contributed by atoms with E-state index in [1.807, 2.05) is 12.4 Å². The highest BCUT2D eigenvalue weighted by atomic mass is 16.4. The smallest absolute Gasteiger partial charge is 0.404 e. The average molecular weight is 423 g/mol. The summed E-state index contributed by atoms with van der Waals surface area (Å²) in [5.41, 5.74) is 5.05. The Hall–Kier alpha value is -3.02. The van der Waals surface area contributed by atoms with Crippen molar-refractivity contribution >= 4 is 22.7 Å².